The number of hydrogen-bond donors (Lipinski definition) is 2. The van der Waals surface area contributed by atoms with Gasteiger partial charge in [-0.2, -0.15) is 5.10 Å². The van der Waals surface area contributed by atoms with E-state index >= 15 is 0 Å². The van der Waals surface area contributed by atoms with Gasteiger partial charge in [-0.3, -0.25) is 4.79 Å². The lowest BCUT2D eigenvalue weighted by atomic mass is 10.1. The Bertz CT molecular complexity index is 1450. The van der Waals surface area contributed by atoms with Crippen molar-refractivity contribution in [3.63, 3.8) is 0 Å². The molecule has 0 radical (unpaired) electrons. The van der Waals surface area contributed by atoms with Crippen LogP contribution in [-0.2, 0) is 0 Å². The van der Waals surface area contributed by atoms with Gasteiger partial charge in [-0.15, -0.1) is 0 Å². The van der Waals surface area contributed by atoms with Gasteiger partial charge in [0.25, 0.3) is 5.91 Å². The number of ether oxygens (including phenoxy) is 3. The number of benzene rings is 4. The van der Waals surface area contributed by atoms with E-state index in [1.54, 1.807) is 48.5 Å². The number of amides is 1. The molecule has 0 aliphatic rings. The number of phenols is 1. The third kappa shape index (κ3) is 6.24. The van der Waals surface area contributed by atoms with E-state index in [0.29, 0.717) is 35.8 Å². The first-order valence-electron chi connectivity index (χ1n) is 11.8. The molecule has 0 spiro atoms. The minimum Gasteiger partial charge on any atom is -0.507 e. The standard InChI is InChI=1S/C29H26N2O6/c1-3-35-23-12-10-20(11-13-23)29(34)37-26-14-9-19(15-27(26)36-4-2)18-30-31-28(33)24-16-21-7-5-6-8-22(21)17-25(24)32/h5-18,32H,3-4H2,1-2H3,(H,31,33)/b30-18-. The van der Waals surface area contributed by atoms with Gasteiger partial charge in [-0.25, -0.2) is 10.2 Å². The smallest absolute Gasteiger partial charge is 0.343 e. The Kier molecular flexibility index (Phi) is 8.00. The predicted molar refractivity (Wildman–Crippen MR) is 141 cm³/mol. The van der Waals surface area contributed by atoms with E-state index in [4.69, 9.17) is 14.2 Å². The summed E-state index contributed by atoms with van der Waals surface area (Å²) in [6.45, 7) is 4.59. The largest absolute Gasteiger partial charge is 0.507 e. The van der Waals surface area contributed by atoms with Crippen LogP contribution in [0.3, 0.4) is 0 Å². The Morgan fingerprint density at radius 3 is 2.27 bits per heavy atom. The molecule has 8 nitrogen and oxygen atoms in total. The Hall–Kier alpha value is -4.85. The van der Waals surface area contributed by atoms with Crippen LogP contribution < -0.4 is 19.6 Å². The van der Waals surface area contributed by atoms with Gasteiger partial charge in [0.1, 0.15) is 11.5 Å². The molecule has 4 aromatic rings. The number of hydrogen-bond acceptors (Lipinski definition) is 7. The van der Waals surface area contributed by atoms with E-state index < -0.39 is 11.9 Å². The van der Waals surface area contributed by atoms with Gasteiger partial charge < -0.3 is 19.3 Å². The van der Waals surface area contributed by atoms with Crippen molar-refractivity contribution in [1.82, 2.24) is 5.43 Å². The molecule has 4 aromatic carbocycles. The fourth-order valence-corrected chi connectivity index (χ4v) is 3.61. The molecular formula is C29H26N2O6. The topological polar surface area (TPSA) is 106 Å². The third-order valence-electron chi connectivity index (χ3n) is 5.36. The Labute approximate surface area is 214 Å². The lowest BCUT2D eigenvalue weighted by molar-refractivity contribution is 0.0728. The van der Waals surface area contributed by atoms with Crippen LogP contribution in [0.4, 0.5) is 0 Å². The van der Waals surface area contributed by atoms with E-state index in [1.165, 1.54) is 12.3 Å². The van der Waals surface area contributed by atoms with Crippen molar-refractivity contribution < 1.29 is 28.9 Å². The van der Waals surface area contributed by atoms with E-state index in [0.717, 1.165) is 10.8 Å². The molecule has 1 amide bonds. The molecule has 188 valence electrons. The first-order chi connectivity index (χ1) is 18.0. The summed E-state index contributed by atoms with van der Waals surface area (Å²) in [7, 11) is 0. The van der Waals surface area contributed by atoms with Crippen molar-refractivity contribution in [3.05, 3.63) is 95.6 Å². The van der Waals surface area contributed by atoms with Crippen molar-refractivity contribution in [1.29, 1.82) is 0 Å². The number of carbonyl (C=O) groups is 2. The molecular weight excluding hydrogens is 472 g/mol. The van der Waals surface area contributed by atoms with Crippen LogP contribution in [0.2, 0.25) is 0 Å². The molecule has 0 saturated heterocycles. The van der Waals surface area contributed by atoms with E-state index in [9.17, 15) is 14.7 Å². The van der Waals surface area contributed by atoms with Crippen LogP contribution in [0.25, 0.3) is 10.8 Å². The van der Waals surface area contributed by atoms with Gasteiger partial charge >= 0.3 is 5.97 Å². The molecule has 0 unspecified atom stereocenters. The molecule has 0 saturated carbocycles. The predicted octanol–water partition coefficient (Wildman–Crippen LogP) is 5.33. The van der Waals surface area contributed by atoms with Crippen LogP contribution in [0.1, 0.15) is 40.1 Å². The van der Waals surface area contributed by atoms with Crippen LogP contribution in [0.15, 0.2) is 84.0 Å². The Morgan fingerprint density at radius 2 is 1.57 bits per heavy atom. The number of nitrogens with one attached hydrogen (secondary N) is 1. The second kappa shape index (κ2) is 11.7. The van der Waals surface area contributed by atoms with Crippen molar-refractivity contribution in [2.24, 2.45) is 5.10 Å². The average Bonchev–Trinajstić information content (AvgIpc) is 2.90. The monoisotopic (exact) mass is 498 g/mol. The van der Waals surface area contributed by atoms with E-state index in [-0.39, 0.29) is 17.1 Å². The fourth-order valence-electron chi connectivity index (χ4n) is 3.61. The quantitative estimate of drug-likeness (QED) is 0.140. The zero-order chi connectivity index (χ0) is 26.2. The fraction of sp³-hybridized carbons (Fsp3) is 0.138. The summed E-state index contributed by atoms with van der Waals surface area (Å²) < 4.78 is 16.6. The lowest BCUT2D eigenvalue weighted by Gasteiger charge is -2.11. The van der Waals surface area contributed by atoms with Crippen molar-refractivity contribution in [2.45, 2.75) is 13.8 Å². The maximum atomic E-state index is 12.6. The molecule has 0 heterocycles. The molecule has 0 aromatic heterocycles. The second-order valence-corrected chi connectivity index (χ2v) is 7.90. The van der Waals surface area contributed by atoms with Crippen LogP contribution in [0.5, 0.6) is 23.0 Å². The molecule has 8 heteroatoms. The number of carbonyl (C=O) groups excluding carboxylic acids is 2. The number of hydrazone groups is 1. The zero-order valence-corrected chi connectivity index (χ0v) is 20.4. The zero-order valence-electron chi connectivity index (χ0n) is 20.4. The highest BCUT2D eigenvalue weighted by atomic mass is 16.6. The third-order valence-corrected chi connectivity index (χ3v) is 5.36. The Morgan fingerprint density at radius 1 is 0.865 bits per heavy atom. The maximum Gasteiger partial charge on any atom is 0.343 e. The van der Waals surface area contributed by atoms with Crippen molar-refractivity contribution >= 4 is 28.9 Å². The highest BCUT2D eigenvalue weighted by Crippen LogP contribution is 2.29. The number of esters is 1. The second-order valence-electron chi connectivity index (χ2n) is 7.90. The summed E-state index contributed by atoms with van der Waals surface area (Å²) in [6.07, 6.45) is 1.43. The lowest BCUT2D eigenvalue weighted by Crippen LogP contribution is -2.17. The van der Waals surface area contributed by atoms with Crippen LogP contribution in [-0.4, -0.2) is 36.4 Å². The summed E-state index contributed by atoms with van der Waals surface area (Å²) in [5.41, 5.74) is 3.51. The van der Waals surface area contributed by atoms with Gasteiger partial charge in [0.15, 0.2) is 11.5 Å². The Balaban J connectivity index is 1.45. The first kappa shape index (κ1) is 25.2. The summed E-state index contributed by atoms with van der Waals surface area (Å²) in [5.74, 6) is 0.0508. The molecule has 0 fully saturated rings. The number of fused-ring (bicyclic) bond motifs is 1. The summed E-state index contributed by atoms with van der Waals surface area (Å²) in [4.78, 5) is 25.2. The molecule has 0 bridgehead atoms. The molecule has 0 aliphatic heterocycles. The number of phenolic OH excluding ortho intramolecular Hbond substituents is 1. The van der Waals surface area contributed by atoms with Gasteiger partial charge in [-0.05, 0) is 84.8 Å². The van der Waals surface area contributed by atoms with Crippen molar-refractivity contribution in [3.8, 4) is 23.0 Å². The highest BCUT2D eigenvalue weighted by molar-refractivity contribution is 6.01. The summed E-state index contributed by atoms with van der Waals surface area (Å²) >= 11 is 0. The number of aromatic hydroxyl groups is 1. The molecule has 37 heavy (non-hydrogen) atoms. The molecule has 0 aliphatic carbocycles. The van der Waals surface area contributed by atoms with Gasteiger partial charge in [-0.1, -0.05) is 24.3 Å². The average molecular weight is 499 g/mol. The minimum absolute atomic E-state index is 0.113. The summed E-state index contributed by atoms with van der Waals surface area (Å²) in [5, 5.41) is 15.9. The van der Waals surface area contributed by atoms with Gasteiger partial charge in [0, 0.05) is 0 Å². The summed E-state index contributed by atoms with van der Waals surface area (Å²) in [6, 6.07) is 22.1. The van der Waals surface area contributed by atoms with E-state index in [2.05, 4.69) is 10.5 Å². The first-order valence-corrected chi connectivity index (χ1v) is 11.8. The number of nitrogens with zero attached hydrogens (tertiary/aromatic N) is 1. The van der Waals surface area contributed by atoms with E-state index in [1.807, 2.05) is 38.1 Å². The molecule has 2 N–H and O–H groups in total. The van der Waals surface area contributed by atoms with Crippen LogP contribution in [0, 0.1) is 0 Å². The minimum atomic E-state index is -0.551. The normalized spacial score (nSPS) is 10.9. The number of rotatable bonds is 9. The molecule has 4 rings (SSSR count). The van der Waals surface area contributed by atoms with Crippen molar-refractivity contribution in [2.75, 3.05) is 13.2 Å². The SMILES string of the molecule is CCOc1ccc(C(=O)Oc2ccc(/C=N\NC(=O)c3cc4ccccc4cc3O)cc2OCC)cc1. The van der Waals surface area contributed by atoms with Crippen LogP contribution >= 0.6 is 0 Å². The molecule has 0 atom stereocenters. The highest BCUT2D eigenvalue weighted by Gasteiger charge is 2.14. The maximum absolute atomic E-state index is 12.6. The van der Waals surface area contributed by atoms with Gasteiger partial charge in [0.2, 0.25) is 0 Å². The van der Waals surface area contributed by atoms with Gasteiger partial charge in [0.05, 0.1) is 30.6 Å².